The number of hydrogen-bond donors (Lipinski definition) is 0. The zero-order chi connectivity index (χ0) is 32.5. The van der Waals surface area contributed by atoms with Gasteiger partial charge in [-0.2, -0.15) is 9.13 Å². The van der Waals surface area contributed by atoms with Crippen LogP contribution in [0.15, 0.2) is 109 Å². The SMILES string of the molecule is Cc1cc2c(sc3ccccc32)c(C)c1-c1c(C)n2[n+](c1C)C13c4c(cccc4-2)Oc2ccc4c5ccccc5n(c4c21)-c1cccc[n+]13. The Balaban J connectivity index is 1.28. The Bertz CT molecular complexity index is 3030. The normalized spacial score (nSPS) is 16.4. The third kappa shape index (κ3) is 2.74. The van der Waals surface area contributed by atoms with E-state index in [1.165, 1.54) is 86.7 Å². The van der Waals surface area contributed by atoms with Gasteiger partial charge in [0.05, 0.1) is 17.5 Å². The van der Waals surface area contributed by atoms with E-state index in [9.17, 15) is 0 Å². The fraction of sp³-hybridized carbons (Fsp3) is 0.116. The highest BCUT2D eigenvalue weighted by Crippen LogP contribution is 2.56. The van der Waals surface area contributed by atoms with Crippen molar-refractivity contribution in [3.63, 3.8) is 0 Å². The fourth-order valence-electron chi connectivity index (χ4n) is 9.90. The van der Waals surface area contributed by atoms with Crippen molar-refractivity contribution in [2.75, 3.05) is 0 Å². The van der Waals surface area contributed by atoms with Gasteiger partial charge in [-0.1, -0.05) is 47.1 Å². The highest BCUT2D eigenvalue weighted by atomic mass is 32.1. The van der Waals surface area contributed by atoms with Crippen LogP contribution in [0.2, 0.25) is 0 Å². The maximum atomic E-state index is 6.90. The molecule has 0 amide bonds. The van der Waals surface area contributed by atoms with Gasteiger partial charge in [0, 0.05) is 43.9 Å². The standard InChI is InChI=1S/C43H30N4OS/c1-23-22-30-28-13-6-8-17-35(28)49-42(30)24(2)37(23)38-25(3)46-32-15-11-16-33-39(32)43(47(46)26(38)4)40-34(48-33)20-19-29-27-12-5-7-14-31(27)45(41(29)40)36-18-9-10-21-44(36)43/h5-22H,1-4H3/q+2. The maximum Gasteiger partial charge on any atom is 0.397 e. The molecular weight excluding hydrogens is 621 g/mol. The Morgan fingerprint density at radius 3 is 2.39 bits per heavy atom. The summed E-state index contributed by atoms with van der Waals surface area (Å²) >= 11 is 1.91. The van der Waals surface area contributed by atoms with Crippen molar-refractivity contribution in [1.29, 1.82) is 0 Å². The van der Waals surface area contributed by atoms with E-state index in [0.717, 1.165) is 23.0 Å². The minimum absolute atomic E-state index is 0.698. The minimum Gasteiger partial charge on any atom is -0.456 e. The predicted molar refractivity (Wildman–Crippen MR) is 196 cm³/mol. The molecule has 3 aliphatic rings. The van der Waals surface area contributed by atoms with Crippen molar-refractivity contribution in [2.45, 2.75) is 33.4 Å². The van der Waals surface area contributed by atoms with E-state index >= 15 is 0 Å². The molecule has 3 aliphatic heterocycles. The summed E-state index contributed by atoms with van der Waals surface area (Å²) in [6, 6.07) is 37.6. The first-order chi connectivity index (χ1) is 24.0. The van der Waals surface area contributed by atoms with E-state index in [1.54, 1.807) is 0 Å². The number of benzene rings is 5. The highest BCUT2D eigenvalue weighted by molar-refractivity contribution is 7.26. The third-order valence-electron chi connectivity index (χ3n) is 11.6. The zero-order valence-corrected chi connectivity index (χ0v) is 28.3. The second-order valence-electron chi connectivity index (χ2n) is 13.9. The van der Waals surface area contributed by atoms with Crippen LogP contribution in [0.3, 0.4) is 0 Å². The largest absolute Gasteiger partial charge is 0.456 e. The van der Waals surface area contributed by atoms with Gasteiger partial charge in [0.15, 0.2) is 11.1 Å². The number of rotatable bonds is 1. The van der Waals surface area contributed by atoms with Gasteiger partial charge >= 0.3 is 5.66 Å². The summed E-state index contributed by atoms with van der Waals surface area (Å²) in [6.07, 6.45) is 2.27. The quantitative estimate of drug-likeness (QED) is 0.163. The fourth-order valence-corrected chi connectivity index (χ4v) is 11.1. The van der Waals surface area contributed by atoms with Gasteiger partial charge in [0.1, 0.15) is 28.3 Å². The van der Waals surface area contributed by atoms with E-state index in [-0.39, 0.29) is 0 Å². The van der Waals surface area contributed by atoms with Crippen LogP contribution < -0.4 is 14.0 Å². The lowest BCUT2D eigenvalue weighted by Gasteiger charge is -2.33. The summed E-state index contributed by atoms with van der Waals surface area (Å²) in [7, 11) is 0. The van der Waals surface area contributed by atoms with Gasteiger partial charge in [-0.15, -0.1) is 16.0 Å². The van der Waals surface area contributed by atoms with Gasteiger partial charge < -0.3 is 4.74 Å². The van der Waals surface area contributed by atoms with Crippen molar-refractivity contribution in [1.82, 2.24) is 9.25 Å². The van der Waals surface area contributed by atoms with Crippen molar-refractivity contribution in [3.05, 3.63) is 143 Å². The molecule has 12 rings (SSSR count). The molecule has 49 heavy (non-hydrogen) atoms. The number of ether oxygens (including phenoxy) is 1. The van der Waals surface area contributed by atoms with Crippen LogP contribution in [0, 0.1) is 27.7 Å². The summed E-state index contributed by atoms with van der Waals surface area (Å²) < 4.78 is 19.6. The van der Waals surface area contributed by atoms with Crippen LogP contribution in [0.1, 0.15) is 33.6 Å². The predicted octanol–water partition coefficient (Wildman–Crippen LogP) is 9.45. The Morgan fingerprint density at radius 2 is 1.49 bits per heavy atom. The lowest BCUT2D eigenvalue weighted by Crippen LogP contribution is -2.77. The Morgan fingerprint density at radius 1 is 0.694 bits per heavy atom. The molecule has 0 saturated heterocycles. The molecule has 0 fully saturated rings. The molecule has 0 N–H and O–H groups in total. The summed E-state index contributed by atoms with van der Waals surface area (Å²) in [5, 5.41) is 5.20. The molecule has 1 atom stereocenters. The van der Waals surface area contributed by atoms with Crippen LogP contribution in [0.4, 0.5) is 0 Å². The second-order valence-corrected chi connectivity index (χ2v) is 14.9. The lowest BCUT2D eigenvalue weighted by atomic mass is 9.83. The van der Waals surface area contributed by atoms with Gasteiger partial charge in [-0.3, -0.25) is 0 Å². The Hall–Kier alpha value is -5.72. The molecule has 4 aromatic heterocycles. The van der Waals surface area contributed by atoms with Crippen LogP contribution in [-0.2, 0) is 5.66 Å². The van der Waals surface area contributed by atoms with Gasteiger partial charge in [-0.05, 0) is 92.1 Å². The molecule has 1 unspecified atom stereocenters. The first-order valence-electron chi connectivity index (χ1n) is 17.0. The van der Waals surface area contributed by atoms with Crippen LogP contribution in [-0.4, -0.2) is 9.25 Å². The first-order valence-corrected chi connectivity index (χ1v) is 17.8. The highest BCUT2D eigenvalue weighted by Gasteiger charge is 2.70. The first kappa shape index (κ1) is 26.3. The van der Waals surface area contributed by atoms with Gasteiger partial charge in [0.25, 0.3) is 5.82 Å². The molecule has 0 bridgehead atoms. The molecule has 0 saturated carbocycles. The number of fused-ring (bicyclic) bond motifs is 10. The minimum atomic E-state index is -0.698. The van der Waals surface area contributed by atoms with Crippen molar-refractivity contribution >= 4 is 53.3 Å². The number of hydrogen-bond acceptors (Lipinski definition) is 2. The van der Waals surface area contributed by atoms with Crippen molar-refractivity contribution in [2.24, 2.45) is 0 Å². The molecule has 5 aromatic carbocycles. The van der Waals surface area contributed by atoms with E-state index < -0.39 is 5.66 Å². The zero-order valence-electron chi connectivity index (χ0n) is 27.5. The van der Waals surface area contributed by atoms with Gasteiger partial charge in [0.2, 0.25) is 5.69 Å². The number of thiophene rings is 1. The summed E-state index contributed by atoms with van der Waals surface area (Å²) in [5.74, 6) is 2.95. The van der Waals surface area contributed by atoms with E-state index in [2.05, 4.69) is 156 Å². The maximum absolute atomic E-state index is 6.90. The third-order valence-corrected chi connectivity index (χ3v) is 12.9. The second kappa shape index (κ2) is 8.46. The average molecular weight is 651 g/mol. The van der Waals surface area contributed by atoms with E-state index in [4.69, 9.17) is 4.74 Å². The van der Waals surface area contributed by atoms with E-state index in [1.807, 2.05) is 11.3 Å². The molecule has 0 aliphatic carbocycles. The van der Waals surface area contributed by atoms with Crippen molar-refractivity contribution < 1.29 is 14.0 Å². The molecule has 6 heteroatoms. The van der Waals surface area contributed by atoms with E-state index in [0.29, 0.717) is 0 Å². The summed E-state index contributed by atoms with van der Waals surface area (Å²) in [6.45, 7) is 9.25. The summed E-state index contributed by atoms with van der Waals surface area (Å²) in [5.41, 5.74) is 13.0. The smallest absolute Gasteiger partial charge is 0.397 e. The summed E-state index contributed by atoms with van der Waals surface area (Å²) in [4.78, 5) is 0. The number of nitrogens with zero attached hydrogens (tertiary/aromatic N) is 4. The molecular formula is C43H30N4OS+2. The van der Waals surface area contributed by atoms with Gasteiger partial charge in [-0.25, -0.2) is 0 Å². The molecule has 9 aromatic rings. The molecule has 0 radical (unpaired) electrons. The lowest BCUT2D eigenvalue weighted by molar-refractivity contribution is -0.995. The number of aryl methyl sites for hydroxylation is 2. The van der Waals surface area contributed by atoms with Crippen LogP contribution in [0.5, 0.6) is 11.5 Å². The molecule has 5 nitrogen and oxygen atoms in total. The topological polar surface area (TPSA) is 26.8 Å². The Labute approximate surface area is 286 Å². The molecule has 7 heterocycles. The monoisotopic (exact) mass is 650 g/mol. The molecule has 232 valence electrons. The number of pyridine rings is 1. The van der Waals surface area contributed by atoms with Crippen molar-refractivity contribution in [3.8, 4) is 34.1 Å². The Kier molecular flexibility index (Phi) is 4.53. The number of aromatic nitrogens is 4. The molecule has 1 spiro atoms. The average Bonchev–Trinajstić information content (AvgIpc) is 3.83. The van der Waals surface area contributed by atoms with Crippen LogP contribution in [0.25, 0.3) is 64.6 Å². The van der Waals surface area contributed by atoms with Crippen LogP contribution >= 0.6 is 11.3 Å². The number of para-hydroxylation sites is 1.